The normalized spacial score (nSPS) is 38.2. The Morgan fingerprint density at radius 3 is 0.426 bits per heavy atom. The average molecular weight is 1950 g/mol. The van der Waals surface area contributed by atoms with E-state index in [0.29, 0.717) is 0 Å². The Morgan fingerprint density at radius 2 is 0.284 bits per heavy atom. The van der Waals surface area contributed by atoms with E-state index < -0.39 is 0 Å². The minimum absolute atomic E-state index is 0.835. The summed E-state index contributed by atoms with van der Waals surface area (Å²) in [5.74, 6) is 33.6. The third-order valence-corrected chi connectivity index (χ3v) is 45.1. The van der Waals surface area contributed by atoms with Gasteiger partial charge in [-0.15, -0.1) is 19.7 Å². The third kappa shape index (κ3) is 48.4. The lowest BCUT2D eigenvalue weighted by Gasteiger charge is -2.37. The van der Waals surface area contributed by atoms with Crippen molar-refractivity contribution in [1.29, 1.82) is 0 Å². The second-order valence-corrected chi connectivity index (χ2v) is 55.4. The molecule has 0 aromatic carbocycles. The lowest BCUT2D eigenvalue weighted by Crippen LogP contribution is -2.25. The molecule has 0 heteroatoms. The van der Waals surface area contributed by atoms with Gasteiger partial charge in [0.05, 0.1) is 0 Å². The van der Waals surface area contributed by atoms with Crippen LogP contribution in [0, 0.1) is 189 Å². The van der Waals surface area contributed by atoms with Gasteiger partial charge in [0.1, 0.15) is 0 Å². The van der Waals surface area contributed by atoms with Crippen molar-refractivity contribution in [1.82, 2.24) is 0 Å². The molecule has 0 spiro atoms. The van der Waals surface area contributed by atoms with Crippen molar-refractivity contribution in [3.63, 3.8) is 0 Å². The Hall–Kier alpha value is -1.04. The molecule has 16 fully saturated rings. The fraction of sp³-hybridized carbons (Fsp3) is 0.943. The van der Waals surface area contributed by atoms with Gasteiger partial charge in [-0.2, -0.15) is 0 Å². The lowest BCUT2D eigenvalue weighted by molar-refractivity contribution is 0.146. The van der Waals surface area contributed by atoms with Crippen molar-refractivity contribution < 1.29 is 0 Å². The van der Waals surface area contributed by atoms with E-state index in [1.807, 2.05) is 0 Å². The van der Waals surface area contributed by atoms with Gasteiger partial charge in [0, 0.05) is 0 Å². The van der Waals surface area contributed by atoms with Crippen LogP contribution in [0.2, 0.25) is 0 Å². The van der Waals surface area contributed by atoms with Crippen LogP contribution in [0.4, 0.5) is 0 Å². The third-order valence-electron chi connectivity index (χ3n) is 45.1. The molecule has 0 saturated heterocycles. The van der Waals surface area contributed by atoms with E-state index in [1.54, 1.807) is 180 Å². The number of allylic oxidation sites excluding steroid dienone is 5. The summed E-state index contributed by atoms with van der Waals surface area (Å²) in [6.07, 6.45) is 144. The van der Waals surface area contributed by atoms with Gasteiger partial charge in [-0.3, -0.25) is 0 Å². The van der Waals surface area contributed by atoms with Crippen LogP contribution in [0.5, 0.6) is 0 Å². The van der Waals surface area contributed by atoms with Gasteiger partial charge in [0.15, 0.2) is 0 Å². The highest BCUT2D eigenvalue weighted by molar-refractivity contribution is 4.96. The Bertz CT molecular complexity index is 2840. The molecule has 16 saturated carbocycles. The predicted octanol–water partition coefficient (Wildman–Crippen LogP) is 47.5. The Balaban J connectivity index is 0.000000180. The highest BCUT2D eigenvalue weighted by Crippen LogP contribution is 2.52. The fourth-order valence-corrected chi connectivity index (χ4v) is 34.5. The first-order valence-electron chi connectivity index (χ1n) is 67.5. The second kappa shape index (κ2) is 74.9. The highest BCUT2D eigenvalue weighted by Gasteiger charge is 2.39. The van der Waals surface area contributed by atoms with Gasteiger partial charge < -0.3 is 0 Å². The van der Waals surface area contributed by atoms with Crippen molar-refractivity contribution in [3.05, 3.63) is 50.1 Å². The number of hydrogen-bond acceptors (Lipinski definition) is 0. The molecule has 16 aliphatic rings. The van der Waals surface area contributed by atoms with Crippen LogP contribution >= 0.6 is 0 Å². The Labute approximate surface area is 888 Å². The highest BCUT2D eigenvalue weighted by atomic mass is 14.4. The van der Waals surface area contributed by atoms with Gasteiger partial charge in [-0.1, -0.05) is 422 Å². The molecule has 0 bridgehead atoms. The first kappa shape index (κ1) is 123. The largest absolute Gasteiger partial charge is 0.103 e. The minimum Gasteiger partial charge on any atom is -0.103 e. The molecule has 0 unspecified atom stereocenters. The molecule has 16 rings (SSSR count). The van der Waals surface area contributed by atoms with Crippen LogP contribution in [0.1, 0.15) is 655 Å². The summed E-state index contributed by atoms with van der Waals surface area (Å²) in [7, 11) is 0. The molecular formula is C141H258. The van der Waals surface area contributed by atoms with Crippen LogP contribution < -0.4 is 0 Å². The molecule has 0 atom stereocenters. The van der Waals surface area contributed by atoms with E-state index in [2.05, 4.69) is 140 Å². The smallest absolute Gasteiger partial charge is 0.0233 e. The molecule has 0 nitrogen and oxygen atoms in total. The van der Waals surface area contributed by atoms with Gasteiger partial charge in [0.25, 0.3) is 0 Å². The zero-order valence-electron chi connectivity index (χ0n) is 98.7. The van der Waals surface area contributed by atoms with Crippen LogP contribution in [-0.2, 0) is 0 Å². The van der Waals surface area contributed by atoms with Crippen LogP contribution in [-0.4, -0.2) is 0 Å². The van der Waals surface area contributed by atoms with E-state index in [9.17, 15) is 0 Å². The predicted molar refractivity (Wildman–Crippen MR) is 631 cm³/mol. The standard InChI is InChI=1S/C19H34.2C18H34.2C18H32.C17H32.C17H30.C16H30/c1-3-5-6-7-17-10-14-19(15-11-17)18-12-8-16(4-2)9-13-18;2*1-3-4-5-6-16-9-13-18(14-10-16)17-11-7-15(2)8-12-17;1-3-5-6-16-9-13-18(14-10-16)17-11-7-15(4-2)8-12-17;1-3-5-15-7-11-17(12-8-15)18-13-9-16(6-4-2)10-14-18;1-3-4-5-15-8-12-17(13-9-15)16-10-6-14(2)7-11-16;1-3-5-15-8-12-17(13-9-15)16-10-6-14(4-2)7-11-16;1-3-4-14-7-11-16(12-8-14)15-9-5-13(2)6-10-15/h4,16-19H,2-3,5-15H2,1H3;2*15-18H,3-14H2,1-2H3;4,15-18H,2-3,5-14H2,1H3;3,5,15-18H,4,6-14H2,1-2H3;14-17H,3-13H2,1-2H3;4,14-17H,2-3,5-13H2,1H3;13-16H,3-12H2,1-2H3/b;;;;5-3+;;;. The maximum absolute atomic E-state index is 3.97. The topological polar surface area (TPSA) is 0 Å². The van der Waals surface area contributed by atoms with Crippen molar-refractivity contribution in [2.75, 3.05) is 0 Å². The summed E-state index contributed by atoms with van der Waals surface area (Å²) >= 11 is 0. The molecule has 0 aliphatic heterocycles. The van der Waals surface area contributed by atoms with Crippen LogP contribution in [0.15, 0.2) is 50.1 Å². The first-order chi connectivity index (χ1) is 69.0. The molecule has 0 radical (unpaired) electrons. The monoisotopic (exact) mass is 1950 g/mol. The zero-order chi connectivity index (χ0) is 100. The Kier molecular flexibility index (Phi) is 65.5. The second-order valence-electron chi connectivity index (χ2n) is 55.4. The summed E-state index contributed by atoms with van der Waals surface area (Å²) in [5, 5.41) is 0. The molecule has 0 N–H and O–H groups in total. The molecule has 141 heavy (non-hydrogen) atoms. The summed E-state index contributed by atoms with van der Waals surface area (Å²) in [5.41, 5.74) is 0. The van der Waals surface area contributed by atoms with Crippen molar-refractivity contribution in [2.45, 2.75) is 655 Å². The van der Waals surface area contributed by atoms with Gasteiger partial charge in [0.2, 0.25) is 0 Å². The first-order valence-corrected chi connectivity index (χ1v) is 67.5. The molecule has 0 heterocycles. The molecule has 0 aromatic rings. The van der Waals surface area contributed by atoms with E-state index in [1.165, 1.54) is 385 Å². The number of unbranched alkanes of at least 4 members (excludes halogenated alkanes) is 8. The van der Waals surface area contributed by atoms with E-state index in [4.69, 9.17) is 0 Å². The molecular weight excluding hydrogens is 1690 g/mol. The van der Waals surface area contributed by atoms with Crippen molar-refractivity contribution in [3.8, 4) is 0 Å². The van der Waals surface area contributed by atoms with E-state index in [0.717, 1.165) is 189 Å². The SMILES string of the molecule is C/C=C/C1CCC(C2CCC(CCC)CC2)CC1.C=CC1CCC(C2CCC(CCC)CC2)CC1.C=CC1CCC(C2CCC(CCCC)CC2)CC1.C=CC1CCC(C2CCC(CCCCC)CC2)CC1.CCCC1CCC(C2CCC(C)CC2)CC1.CCCCC1CCC(C2CCC(C)CC2)CC1.CCCCCC1CCC(C2CCC(C)CC2)CC1.CCCCCC1CCC(C2CCC(C)CC2)CC1. The summed E-state index contributed by atoms with van der Waals surface area (Å²) < 4.78 is 0. The fourth-order valence-electron chi connectivity index (χ4n) is 34.5. The summed E-state index contributed by atoms with van der Waals surface area (Å²) in [4.78, 5) is 0. The molecule has 0 aromatic heterocycles. The van der Waals surface area contributed by atoms with E-state index >= 15 is 0 Å². The minimum atomic E-state index is 0.835. The number of rotatable bonds is 36. The van der Waals surface area contributed by atoms with Crippen molar-refractivity contribution in [2.24, 2.45) is 189 Å². The van der Waals surface area contributed by atoms with Gasteiger partial charge >= 0.3 is 0 Å². The molecule has 822 valence electrons. The van der Waals surface area contributed by atoms with Crippen LogP contribution in [0.3, 0.4) is 0 Å². The molecule has 0 amide bonds. The summed E-state index contributed by atoms with van der Waals surface area (Å²) in [6.45, 7) is 42.4. The average Bonchev–Trinajstić information content (AvgIpc) is 0.901. The zero-order valence-corrected chi connectivity index (χ0v) is 98.7. The van der Waals surface area contributed by atoms with Crippen molar-refractivity contribution >= 4 is 0 Å². The number of hydrogen-bond donors (Lipinski definition) is 0. The Morgan fingerprint density at radius 1 is 0.149 bits per heavy atom. The van der Waals surface area contributed by atoms with Gasteiger partial charge in [-0.05, 0) is 453 Å². The molecule has 16 aliphatic carbocycles. The summed E-state index contributed by atoms with van der Waals surface area (Å²) in [6, 6.07) is 0. The van der Waals surface area contributed by atoms with Gasteiger partial charge in [-0.25, -0.2) is 0 Å². The van der Waals surface area contributed by atoms with E-state index in [-0.39, 0.29) is 0 Å². The lowest BCUT2D eigenvalue weighted by atomic mass is 9.68. The maximum atomic E-state index is 3.97. The maximum Gasteiger partial charge on any atom is -0.0233 e. The quantitative estimate of drug-likeness (QED) is 0.0433. The van der Waals surface area contributed by atoms with Crippen LogP contribution in [0.25, 0.3) is 0 Å².